The fourth-order valence-electron chi connectivity index (χ4n) is 2.44. The van der Waals surface area contributed by atoms with Crippen molar-refractivity contribution in [2.75, 3.05) is 7.05 Å². The average Bonchev–Trinajstić information content (AvgIpc) is 2.91. The maximum atomic E-state index is 12.4. The summed E-state index contributed by atoms with van der Waals surface area (Å²) in [6.45, 7) is 0. The largest absolute Gasteiger partial charge is 0.339 e. The summed E-state index contributed by atoms with van der Waals surface area (Å²) in [5, 5.41) is 10.8. The molecule has 0 spiro atoms. The fourth-order valence-corrected chi connectivity index (χ4v) is 3.00. The van der Waals surface area contributed by atoms with Crippen molar-refractivity contribution >= 4 is 34.2 Å². The van der Waals surface area contributed by atoms with E-state index in [0.717, 1.165) is 29.3 Å². The number of nitro benzene ring substituents is 1. The molecule has 0 bridgehead atoms. The zero-order valence-electron chi connectivity index (χ0n) is 10.6. The van der Waals surface area contributed by atoms with Crippen LogP contribution in [0.1, 0.15) is 36.0 Å². The maximum absolute atomic E-state index is 12.4. The van der Waals surface area contributed by atoms with Crippen LogP contribution < -0.4 is 0 Å². The van der Waals surface area contributed by atoms with Crippen molar-refractivity contribution < 1.29 is 9.72 Å². The Bertz CT molecular complexity index is 513. The highest BCUT2D eigenvalue weighted by molar-refractivity contribution is 14.1. The summed E-state index contributed by atoms with van der Waals surface area (Å²) in [7, 11) is 1.78. The van der Waals surface area contributed by atoms with Gasteiger partial charge in [0.25, 0.3) is 11.6 Å². The van der Waals surface area contributed by atoms with Crippen molar-refractivity contribution in [2.45, 2.75) is 31.7 Å². The SMILES string of the molecule is CN(C(=O)c1cc([N+](=O)[O-])ccc1I)C1CCCC1. The minimum Gasteiger partial charge on any atom is -0.339 e. The molecule has 2 rings (SSSR count). The molecule has 1 fully saturated rings. The number of non-ortho nitro benzene ring substituents is 1. The molecule has 0 saturated heterocycles. The van der Waals surface area contributed by atoms with Gasteiger partial charge < -0.3 is 4.90 Å². The van der Waals surface area contributed by atoms with Crippen molar-refractivity contribution in [3.8, 4) is 0 Å². The summed E-state index contributed by atoms with van der Waals surface area (Å²) in [5.74, 6) is -0.125. The van der Waals surface area contributed by atoms with Crippen molar-refractivity contribution in [2.24, 2.45) is 0 Å². The monoisotopic (exact) mass is 374 g/mol. The zero-order chi connectivity index (χ0) is 14.0. The van der Waals surface area contributed by atoms with Crippen LogP contribution in [0.3, 0.4) is 0 Å². The van der Waals surface area contributed by atoms with Crippen LogP contribution in [0.25, 0.3) is 0 Å². The van der Waals surface area contributed by atoms with Gasteiger partial charge in [-0.3, -0.25) is 14.9 Å². The van der Waals surface area contributed by atoms with Crippen LogP contribution in [-0.2, 0) is 0 Å². The Morgan fingerprint density at radius 3 is 2.63 bits per heavy atom. The molecule has 0 unspecified atom stereocenters. The highest BCUT2D eigenvalue weighted by Crippen LogP contribution is 2.26. The lowest BCUT2D eigenvalue weighted by molar-refractivity contribution is -0.384. The summed E-state index contributed by atoms with van der Waals surface area (Å²) >= 11 is 2.04. The summed E-state index contributed by atoms with van der Waals surface area (Å²) in [6.07, 6.45) is 4.34. The molecule has 0 heterocycles. The fraction of sp³-hybridized carbons (Fsp3) is 0.462. The van der Waals surface area contributed by atoms with Gasteiger partial charge in [0.05, 0.1) is 10.5 Å². The number of halogens is 1. The van der Waals surface area contributed by atoms with Crippen LogP contribution in [0.5, 0.6) is 0 Å². The van der Waals surface area contributed by atoms with E-state index < -0.39 is 4.92 Å². The third-order valence-electron chi connectivity index (χ3n) is 3.58. The average molecular weight is 374 g/mol. The van der Waals surface area contributed by atoms with Crippen molar-refractivity contribution in [1.82, 2.24) is 4.90 Å². The van der Waals surface area contributed by atoms with Gasteiger partial charge in [0, 0.05) is 28.8 Å². The van der Waals surface area contributed by atoms with E-state index in [9.17, 15) is 14.9 Å². The molecule has 0 radical (unpaired) electrons. The normalized spacial score (nSPS) is 15.5. The van der Waals surface area contributed by atoms with Gasteiger partial charge >= 0.3 is 0 Å². The number of amides is 1. The molecule has 102 valence electrons. The number of hydrogen-bond acceptors (Lipinski definition) is 3. The second kappa shape index (κ2) is 5.85. The topological polar surface area (TPSA) is 63.5 Å². The van der Waals surface area contributed by atoms with Crippen molar-refractivity contribution in [3.05, 3.63) is 37.4 Å². The lowest BCUT2D eigenvalue weighted by Gasteiger charge is -2.24. The van der Waals surface area contributed by atoms with Crippen LogP contribution in [0.2, 0.25) is 0 Å². The second-order valence-corrected chi connectivity index (χ2v) is 5.94. The van der Waals surface area contributed by atoms with E-state index >= 15 is 0 Å². The first-order chi connectivity index (χ1) is 9.00. The molecule has 0 aliphatic heterocycles. The van der Waals surface area contributed by atoms with E-state index in [1.807, 2.05) is 22.6 Å². The Kier molecular flexibility index (Phi) is 4.38. The van der Waals surface area contributed by atoms with Gasteiger partial charge in [-0.25, -0.2) is 0 Å². The second-order valence-electron chi connectivity index (χ2n) is 4.78. The molecule has 1 saturated carbocycles. The van der Waals surface area contributed by atoms with Crippen molar-refractivity contribution in [3.63, 3.8) is 0 Å². The van der Waals surface area contributed by atoms with E-state index in [-0.39, 0.29) is 17.6 Å². The van der Waals surface area contributed by atoms with Crippen LogP contribution in [0, 0.1) is 13.7 Å². The van der Waals surface area contributed by atoms with E-state index in [0.29, 0.717) is 5.56 Å². The number of benzene rings is 1. The Balaban J connectivity index is 2.26. The number of carbonyl (C=O) groups excluding carboxylic acids is 1. The summed E-state index contributed by atoms with van der Waals surface area (Å²) in [6, 6.07) is 4.68. The van der Waals surface area contributed by atoms with Crippen molar-refractivity contribution in [1.29, 1.82) is 0 Å². The van der Waals surface area contributed by atoms with Crippen LogP contribution >= 0.6 is 22.6 Å². The first-order valence-electron chi connectivity index (χ1n) is 6.22. The molecule has 19 heavy (non-hydrogen) atoms. The minimum absolute atomic E-state index is 0.0383. The molecule has 1 aromatic rings. The van der Waals surface area contributed by atoms with Gasteiger partial charge in [0.1, 0.15) is 0 Å². The number of rotatable bonds is 3. The van der Waals surface area contributed by atoms with Gasteiger partial charge in [-0.15, -0.1) is 0 Å². The summed E-state index contributed by atoms with van der Waals surface area (Å²) in [5.41, 5.74) is 0.382. The third kappa shape index (κ3) is 3.05. The molecule has 0 atom stereocenters. The highest BCUT2D eigenvalue weighted by atomic mass is 127. The lowest BCUT2D eigenvalue weighted by Crippen LogP contribution is -2.35. The number of nitrogens with zero attached hydrogens (tertiary/aromatic N) is 2. The molecule has 5 nitrogen and oxygen atoms in total. The minimum atomic E-state index is -0.470. The molecular weight excluding hydrogens is 359 g/mol. The molecule has 0 N–H and O–H groups in total. The molecule has 1 aliphatic carbocycles. The smallest absolute Gasteiger partial charge is 0.270 e. The van der Waals surface area contributed by atoms with Crippen LogP contribution in [-0.4, -0.2) is 28.8 Å². The summed E-state index contributed by atoms with van der Waals surface area (Å²) < 4.78 is 0.748. The quantitative estimate of drug-likeness (QED) is 0.464. The molecular formula is C13H15IN2O3. The number of nitro groups is 1. The van der Waals surface area contributed by atoms with E-state index in [4.69, 9.17) is 0 Å². The molecule has 1 aromatic carbocycles. The molecule has 6 heteroatoms. The third-order valence-corrected chi connectivity index (χ3v) is 4.52. The Labute approximate surface area is 125 Å². The predicted molar refractivity (Wildman–Crippen MR) is 80.2 cm³/mol. The number of carbonyl (C=O) groups is 1. The first kappa shape index (κ1) is 14.2. The first-order valence-corrected chi connectivity index (χ1v) is 7.29. The lowest BCUT2D eigenvalue weighted by atomic mass is 10.1. The van der Waals surface area contributed by atoms with Gasteiger partial charge in [-0.05, 0) is 41.5 Å². The van der Waals surface area contributed by atoms with Crippen LogP contribution in [0.4, 0.5) is 5.69 Å². The standard InChI is InChI=1S/C13H15IN2O3/c1-15(9-4-2-3-5-9)13(17)11-8-10(16(18)19)6-7-12(11)14/h6-9H,2-5H2,1H3. The van der Waals surface area contributed by atoms with Gasteiger partial charge in [0.2, 0.25) is 0 Å². The Morgan fingerprint density at radius 2 is 2.05 bits per heavy atom. The Hall–Kier alpha value is -1.18. The van der Waals surface area contributed by atoms with Gasteiger partial charge in [0.15, 0.2) is 0 Å². The van der Waals surface area contributed by atoms with Gasteiger partial charge in [-0.1, -0.05) is 12.8 Å². The zero-order valence-corrected chi connectivity index (χ0v) is 12.8. The van der Waals surface area contributed by atoms with E-state index in [1.165, 1.54) is 12.1 Å². The maximum Gasteiger partial charge on any atom is 0.270 e. The predicted octanol–water partition coefficient (Wildman–Crippen LogP) is 3.21. The van der Waals surface area contributed by atoms with E-state index in [1.54, 1.807) is 18.0 Å². The highest BCUT2D eigenvalue weighted by Gasteiger charge is 2.26. The van der Waals surface area contributed by atoms with Crippen LogP contribution in [0.15, 0.2) is 18.2 Å². The molecule has 0 aromatic heterocycles. The summed E-state index contributed by atoms with van der Waals surface area (Å²) in [4.78, 5) is 24.5. The van der Waals surface area contributed by atoms with Gasteiger partial charge in [-0.2, -0.15) is 0 Å². The Morgan fingerprint density at radius 1 is 1.42 bits per heavy atom. The molecule has 1 aliphatic rings. The van der Waals surface area contributed by atoms with E-state index in [2.05, 4.69) is 0 Å². The number of hydrogen-bond donors (Lipinski definition) is 0. The molecule has 1 amide bonds.